The summed E-state index contributed by atoms with van der Waals surface area (Å²) in [5, 5.41) is 22.9. The van der Waals surface area contributed by atoms with Gasteiger partial charge in [-0.15, -0.1) is 0 Å². The Morgan fingerprint density at radius 2 is 1.82 bits per heavy atom. The van der Waals surface area contributed by atoms with Gasteiger partial charge in [-0.2, -0.15) is 0 Å². The number of hydrogen-bond acceptors (Lipinski definition) is 4. The van der Waals surface area contributed by atoms with Crippen LogP contribution in [0, 0.1) is 0 Å². The first kappa shape index (κ1) is 18.3. The van der Waals surface area contributed by atoms with Crippen molar-refractivity contribution < 1.29 is 14.9 Å². The molecule has 1 aromatic rings. The van der Waals surface area contributed by atoms with Gasteiger partial charge in [-0.3, -0.25) is 0 Å². The van der Waals surface area contributed by atoms with Crippen LogP contribution in [0.1, 0.15) is 50.7 Å². The van der Waals surface area contributed by atoms with Crippen molar-refractivity contribution in [1.29, 1.82) is 0 Å². The van der Waals surface area contributed by atoms with Gasteiger partial charge in [0.05, 0.1) is 19.3 Å². The number of hydrogen-bond donors (Lipinski definition) is 2. The molecule has 2 atom stereocenters. The average molecular weight is 307 g/mol. The molecule has 0 bridgehead atoms. The summed E-state index contributed by atoms with van der Waals surface area (Å²) >= 11 is 0. The molecule has 2 unspecified atom stereocenters. The summed E-state index contributed by atoms with van der Waals surface area (Å²) in [6.07, 6.45) is 3.77. The molecule has 1 rings (SSSR count). The zero-order valence-electron chi connectivity index (χ0n) is 13.1. The van der Waals surface area contributed by atoms with Gasteiger partial charge in [0.2, 0.25) is 0 Å². The second-order valence-corrected chi connectivity index (χ2v) is 5.26. The normalized spacial score (nSPS) is 13.2. The van der Waals surface area contributed by atoms with Crippen LogP contribution in [0.15, 0.2) is 29.4 Å². The lowest BCUT2D eigenvalue weighted by molar-refractivity contribution is 0.0244. The van der Waals surface area contributed by atoms with E-state index in [0.29, 0.717) is 12.2 Å². The molecule has 6 heteroatoms. The SMILES string of the molecule is CCCCCCCOc1ccc(C(O)C(O)CN=[N+]=[N-])cc1. The van der Waals surface area contributed by atoms with Gasteiger partial charge in [0.25, 0.3) is 0 Å². The summed E-state index contributed by atoms with van der Waals surface area (Å²) in [7, 11) is 0. The Balaban J connectivity index is 2.37. The van der Waals surface area contributed by atoms with Crippen molar-refractivity contribution in [2.75, 3.05) is 13.2 Å². The Morgan fingerprint density at radius 3 is 2.45 bits per heavy atom. The van der Waals surface area contributed by atoms with Gasteiger partial charge >= 0.3 is 0 Å². The first-order valence-corrected chi connectivity index (χ1v) is 7.78. The van der Waals surface area contributed by atoms with Crippen LogP contribution in [0.3, 0.4) is 0 Å². The van der Waals surface area contributed by atoms with Crippen molar-refractivity contribution in [3.63, 3.8) is 0 Å². The summed E-state index contributed by atoms with van der Waals surface area (Å²) in [5.41, 5.74) is 8.77. The van der Waals surface area contributed by atoms with Gasteiger partial charge in [-0.1, -0.05) is 49.9 Å². The molecule has 122 valence electrons. The maximum absolute atomic E-state index is 9.93. The molecule has 0 heterocycles. The third-order valence-electron chi connectivity index (χ3n) is 3.43. The largest absolute Gasteiger partial charge is 0.494 e. The molecule has 0 aliphatic rings. The molecule has 0 aliphatic heterocycles. The topological polar surface area (TPSA) is 98.5 Å². The Hall–Kier alpha value is -1.75. The zero-order chi connectivity index (χ0) is 16.2. The van der Waals surface area contributed by atoms with E-state index in [1.165, 1.54) is 25.7 Å². The Labute approximate surface area is 131 Å². The van der Waals surface area contributed by atoms with Crippen LogP contribution in [0.5, 0.6) is 5.75 Å². The highest BCUT2D eigenvalue weighted by Gasteiger charge is 2.17. The monoisotopic (exact) mass is 307 g/mol. The molecular weight excluding hydrogens is 282 g/mol. The van der Waals surface area contributed by atoms with Crippen LogP contribution >= 0.6 is 0 Å². The molecule has 22 heavy (non-hydrogen) atoms. The molecule has 0 saturated carbocycles. The van der Waals surface area contributed by atoms with E-state index in [9.17, 15) is 10.2 Å². The fourth-order valence-electron chi connectivity index (χ4n) is 2.10. The molecule has 0 saturated heterocycles. The first-order chi connectivity index (χ1) is 10.7. The van der Waals surface area contributed by atoms with E-state index >= 15 is 0 Å². The fraction of sp³-hybridized carbons (Fsp3) is 0.625. The van der Waals surface area contributed by atoms with E-state index in [1.807, 2.05) is 0 Å². The number of rotatable bonds is 11. The number of ether oxygens (including phenoxy) is 1. The van der Waals surface area contributed by atoms with Gasteiger partial charge in [-0.25, -0.2) is 0 Å². The number of aliphatic hydroxyl groups is 2. The quantitative estimate of drug-likeness (QED) is 0.282. The van der Waals surface area contributed by atoms with Gasteiger partial charge in [0.15, 0.2) is 0 Å². The lowest BCUT2D eigenvalue weighted by Gasteiger charge is -2.16. The smallest absolute Gasteiger partial charge is 0.119 e. The summed E-state index contributed by atoms with van der Waals surface area (Å²) in [4.78, 5) is 2.56. The molecule has 1 aromatic carbocycles. The second-order valence-electron chi connectivity index (χ2n) is 5.26. The summed E-state index contributed by atoms with van der Waals surface area (Å²) in [6.45, 7) is 2.72. The summed E-state index contributed by atoms with van der Waals surface area (Å²) in [5.74, 6) is 0.746. The van der Waals surface area contributed by atoms with Gasteiger partial charge in [-0.05, 0) is 29.6 Å². The minimum atomic E-state index is -1.11. The van der Waals surface area contributed by atoms with Crippen LogP contribution in [0.2, 0.25) is 0 Å². The lowest BCUT2D eigenvalue weighted by Crippen LogP contribution is -2.21. The zero-order valence-corrected chi connectivity index (χ0v) is 13.1. The number of unbranched alkanes of at least 4 members (excludes halogenated alkanes) is 4. The maximum atomic E-state index is 9.93. The lowest BCUT2D eigenvalue weighted by atomic mass is 10.0. The minimum absolute atomic E-state index is 0.159. The van der Waals surface area contributed by atoms with Crippen molar-refractivity contribution in [2.24, 2.45) is 5.11 Å². The summed E-state index contributed by atoms with van der Waals surface area (Å²) < 4.78 is 5.64. The number of azide groups is 1. The van der Waals surface area contributed by atoms with Crippen molar-refractivity contribution in [2.45, 2.75) is 51.2 Å². The average Bonchev–Trinajstić information content (AvgIpc) is 2.55. The molecule has 0 spiro atoms. The Bertz CT molecular complexity index is 458. The van der Waals surface area contributed by atoms with Crippen LogP contribution in [-0.2, 0) is 0 Å². The highest BCUT2D eigenvalue weighted by Crippen LogP contribution is 2.21. The van der Waals surface area contributed by atoms with E-state index < -0.39 is 12.2 Å². The second kappa shape index (κ2) is 10.9. The third-order valence-corrected chi connectivity index (χ3v) is 3.43. The Morgan fingerprint density at radius 1 is 1.14 bits per heavy atom. The van der Waals surface area contributed by atoms with E-state index in [4.69, 9.17) is 10.3 Å². The van der Waals surface area contributed by atoms with Gasteiger partial charge < -0.3 is 14.9 Å². The minimum Gasteiger partial charge on any atom is -0.494 e. The Kier molecular flexibility index (Phi) is 9.07. The molecule has 2 N–H and O–H groups in total. The van der Waals surface area contributed by atoms with E-state index in [2.05, 4.69) is 16.9 Å². The number of benzene rings is 1. The van der Waals surface area contributed by atoms with Crippen LogP contribution in [-0.4, -0.2) is 29.5 Å². The van der Waals surface area contributed by atoms with Crippen molar-refractivity contribution in [1.82, 2.24) is 0 Å². The molecule has 0 amide bonds. The molecule has 0 aromatic heterocycles. The van der Waals surface area contributed by atoms with Gasteiger partial charge in [0.1, 0.15) is 11.9 Å². The maximum Gasteiger partial charge on any atom is 0.119 e. The van der Waals surface area contributed by atoms with E-state index in [0.717, 1.165) is 12.2 Å². The third kappa shape index (κ3) is 6.80. The highest BCUT2D eigenvalue weighted by molar-refractivity contribution is 5.29. The standard InChI is InChI=1S/C16H25N3O3/c1-2-3-4-5-6-11-22-14-9-7-13(8-10-14)16(21)15(20)12-18-19-17/h7-10,15-16,20-21H,2-6,11-12H2,1H3. The number of aliphatic hydroxyl groups excluding tert-OH is 2. The van der Waals surface area contributed by atoms with Crippen LogP contribution < -0.4 is 4.74 Å². The van der Waals surface area contributed by atoms with Crippen LogP contribution in [0.4, 0.5) is 0 Å². The highest BCUT2D eigenvalue weighted by atomic mass is 16.5. The van der Waals surface area contributed by atoms with E-state index in [-0.39, 0.29) is 6.54 Å². The van der Waals surface area contributed by atoms with Crippen LogP contribution in [0.25, 0.3) is 10.4 Å². The van der Waals surface area contributed by atoms with Crippen molar-refractivity contribution in [3.05, 3.63) is 40.3 Å². The molecule has 0 radical (unpaired) electrons. The molecule has 0 aliphatic carbocycles. The summed E-state index contributed by atoms with van der Waals surface area (Å²) in [6, 6.07) is 6.95. The predicted octanol–water partition coefficient (Wildman–Crippen LogP) is 3.74. The van der Waals surface area contributed by atoms with Gasteiger partial charge in [0, 0.05) is 4.91 Å². The van der Waals surface area contributed by atoms with E-state index in [1.54, 1.807) is 24.3 Å². The van der Waals surface area contributed by atoms with Crippen molar-refractivity contribution in [3.8, 4) is 5.75 Å². The molecular formula is C16H25N3O3. The predicted molar refractivity (Wildman–Crippen MR) is 85.7 cm³/mol. The first-order valence-electron chi connectivity index (χ1n) is 7.78. The molecule has 6 nitrogen and oxygen atoms in total. The fourth-order valence-corrected chi connectivity index (χ4v) is 2.10. The van der Waals surface area contributed by atoms with Crippen molar-refractivity contribution >= 4 is 0 Å². The number of nitrogens with zero attached hydrogens (tertiary/aromatic N) is 3. The molecule has 0 fully saturated rings.